The maximum atomic E-state index is 9.78. The van der Waals surface area contributed by atoms with Crippen LogP contribution in [0, 0.1) is 11.8 Å². The zero-order valence-corrected chi connectivity index (χ0v) is 7.45. The van der Waals surface area contributed by atoms with E-state index in [1.807, 2.05) is 14.1 Å². The Labute approximate surface area is 68.4 Å². The molecule has 0 amide bonds. The summed E-state index contributed by atoms with van der Waals surface area (Å²) in [6.45, 7) is 0. The molecule has 0 heterocycles. The van der Waals surface area contributed by atoms with Gasteiger partial charge in [0.05, 0.1) is 14.1 Å². The monoisotopic (exact) mass is 156 g/mol. The van der Waals surface area contributed by atoms with Crippen molar-refractivity contribution in [1.29, 1.82) is 0 Å². The van der Waals surface area contributed by atoms with Gasteiger partial charge in [0.1, 0.15) is 6.04 Å². The van der Waals surface area contributed by atoms with E-state index in [1.54, 1.807) is 0 Å². The average Bonchev–Trinajstić information content (AvgIpc) is 2.42. The van der Waals surface area contributed by atoms with Gasteiger partial charge < -0.3 is 0 Å². The first kappa shape index (κ1) is 7.56. The van der Waals surface area contributed by atoms with Gasteiger partial charge in [0.15, 0.2) is 0 Å². The third kappa shape index (κ3) is 1.18. The first-order valence-electron chi connectivity index (χ1n) is 4.64. The number of nitrogens with zero attached hydrogens (tertiary/aromatic N) is 1. The molecule has 2 rings (SSSR count). The van der Waals surface area contributed by atoms with Gasteiger partial charge in [-0.15, -0.1) is 0 Å². The molecule has 2 saturated carbocycles. The van der Waals surface area contributed by atoms with Crippen LogP contribution < -0.4 is 0 Å². The van der Waals surface area contributed by atoms with Crippen LogP contribution in [0.5, 0.6) is 0 Å². The third-order valence-corrected chi connectivity index (χ3v) is 3.51. The maximum Gasteiger partial charge on any atom is 0.121 e. The van der Waals surface area contributed by atoms with Gasteiger partial charge in [0.25, 0.3) is 0 Å². The highest BCUT2D eigenvalue weighted by atomic mass is 16.5. The second-order valence-corrected chi connectivity index (χ2v) is 4.72. The predicted octanol–water partition coefficient (Wildman–Crippen LogP) is 1.64. The molecule has 0 saturated heterocycles. The average molecular weight is 156 g/mol. The lowest BCUT2D eigenvalue weighted by molar-refractivity contribution is -1.09. The summed E-state index contributed by atoms with van der Waals surface area (Å²) >= 11 is 0. The van der Waals surface area contributed by atoms with Crippen molar-refractivity contribution >= 4 is 0 Å². The molecule has 2 aliphatic carbocycles. The molecule has 0 spiro atoms. The van der Waals surface area contributed by atoms with Crippen LogP contribution in [0.25, 0.3) is 0 Å². The number of quaternary nitrogens is 1. The van der Waals surface area contributed by atoms with Crippen molar-refractivity contribution < 1.29 is 9.85 Å². The Bertz CT molecular complexity index is 161. The molecular weight excluding hydrogens is 138 g/mol. The molecule has 2 fully saturated rings. The van der Waals surface area contributed by atoms with Crippen molar-refractivity contribution in [1.82, 2.24) is 0 Å². The van der Waals surface area contributed by atoms with Gasteiger partial charge in [-0.25, -0.2) is 5.21 Å². The van der Waals surface area contributed by atoms with Gasteiger partial charge in [-0.05, 0) is 25.2 Å². The van der Waals surface area contributed by atoms with Crippen LogP contribution in [0.1, 0.15) is 25.7 Å². The lowest BCUT2D eigenvalue weighted by atomic mass is 9.94. The molecular formula is C9H18NO+. The highest BCUT2D eigenvalue weighted by Gasteiger charge is 2.47. The molecule has 2 aliphatic rings. The molecule has 3 atom stereocenters. The summed E-state index contributed by atoms with van der Waals surface area (Å²) in [5.41, 5.74) is 0. The van der Waals surface area contributed by atoms with Crippen molar-refractivity contribution in [2.45, 2.75) is 31.7 Å². The molecule has 0 radical (unpaired) electrons. The summed E-state index contributed by atoms with van der Waals surface area (Å²) < 4.78 is 0.196. The minimum absolute atomic E-state index is 0.196. The molecule has 11 heavy (non-hydrogen) atoms. The minimum Gasteiger partial charge on any atom is -0.217 e. The highest BCUT2D eigenvalue weighted by Crippen LogP contribution is 2.47. The number of fused-ring (bicyclic) bond motifs is 2. The van der Waals surface area contributed by atoms with Crippen LogP contribution in [-0.4, -0.2) is 30.0 Å². The summed E-state index contributed by atoms with van der Waals surface area (Å²) in [6, 6.07) is 0.536. The van der Waals surface area contributed by atoms with E-state index in [0.29, 0.717) is 6.04 Å². The van der Waals surface area contributed by atoms with E-state index in [-0.39, 0.29) is 4.65 Å². The number of hydrogen-bond acceptors (Lipinski definition) is 1. The number of hydrogen-bond donors (Lipinski definition) is 1. The van der Waals surface area contributed by atoms with Gasteiger partial charge in [0, 0.05) is 12.3 Å². The van der Waals surface area contributed by atoms with Crippen LogP contribution >= 0.6 is 0 Å². The van der Waals surface area contributed by atoms with E-state index < -0.39 is 0 Å². The fraction of sp³-hybridized carbons (Fsp3) is 1.00. The van der Waals surface area contributed by atoms with E-state index in [2.05, 4.69) is 0 Å². The predicted molar refractivity (Wildman–Crippen MR) is 43.1 cm³/mol. The van der Waals surface area contributed by atoms with E-state index in [0.717, 1.165) is 11.8 Å². The molecule has 1 N–H and O–H groups in total. The number of rotatable bonds is 1. The van der Waals surface area contributed by atoms with Gasteiger partial charge in [-0.2, -0.15) is 4.65 Å². The van der Waals surface area contributed by atoms with Crippen molar-refractivity contribution in [2.24, 2.45) is 11.8 Å². The summed E-state index contributed by atoms with van der Waals surface area (Å²) in [5, 5.41) is 9.78. The molecule has 2 nitrogen and oxygen atoms in total. The smallest absolute Gasteiger partial charge is 0.121 e. The molecule has 0 aliphatic heterocycles. The van der Waals surface area contributed by atoms with Gasteiger partial charge in [-0.1, -0.05) is 0 Å². The highest BCUT2D eigenvalue weighted by molar-refractivity contribution is 4.90. The van der Waals surface area contributed by atoms with Crippen molar-refractivity contribution in [3.05, 3.63) is 0 Å². The van der Waals surface area contributed by atoms with E-state index >= 15 is 0 Å². The Hall–Kier alpha value is -0.0800. The number of hydroxylamine groups is 3. The first-order chi connectivity index (χ1) is 5.07. The first-order valence-corrected chi connectivity index (χ1v) is 4.64. The standard InChI is InChI=1S/C9H18NO/c1-10(2,11)9-6-7-3-4-8(9)5-7/h7-9,11H,3-6H2,1-2H3/q+1. The van der Waals surface area contributed by atoms with Gasteiger partial charge in [0.2, 0.25) is 0 Å². The van der Waals surface area contributed by atoms with Crippen LogP contribution in [0.2, 0.25) is 0 Å². The van der Waals surface area contributed by atoms with Crippen molar-refractivity contribution in [3.63, 3.8) is 0 Å². The van der Waals surface area contributed by atoms with Crippen LogP contribution in [0.15, 0.2) is 0 Å². The second kappa shape index (κ2) is 2.20. The summed E-state index contributed by atoms with van der Waals surface area (Å²) in [5.74, 6) is 1.76. The fourth-order valence-corrected chi connectivity index (χ4v) is 2.99. The van der Waals surface area contributed by atoms with E-state index in [4.69, 9.17) is 0 Å². The normalized spacial score (nSPS) is 43.4. The summed E-state index contributed by atoms with van der Waals surface area (Å²) in [4.78, 5) is 0. The van der Waals surface area contributed by atoms with E-state index in [9.17, 15) is 5.21 Å². The van der Waals surface area contributed by atoms with Gasteiger partial charge in [-0.3, -0.25) is 0 Å². The van der Waals surface area contributed by atoms with Crippen LogP contribution in [0.3, 0.4) is 0 Å². The Morgan fingerprint density at radius 2 is 1.91 bits per heavy atom. The minimum atomic E-state index is 0.196. The lowest BCUT2D eigenvalue weighted by Gasteiger charge is -2.32. The quantitative estimate of drug-likeness (QED) is 0.452. The Kier molecular flexibility index (Phi) is 1.52. The zero-order valence-electron chi connectivity index (χ0n) is 7.45. The zero-order chi connectivity index (χ0) is 8.06. The maximum absolute atomic E-state index is 9.78. The Morgan fingerprint density at radius 3 is 2.18 bits per heavy atom. The molecule has 2 bridgehead atoms. The largest absolute Gasteiger partial charge is 0.217 e. The van der Waals surface area contributed by atoms with Gasteiger partial charge >= 0.3 is 0 Å². The summed E-state index contributed by atoms with van der Waals surface area (Å²) in [7, 11) is 3.82. The summed E-state index contributed by atoms with van der Waals surface area (Å²) in [6.07, 6.45) is 5.42. The molecule has 0 aromatic heterocycles. The topological polar surface area (TPSA) is 20.2 Å². The Morgan fingerprint density at radius 1 is 1.18 bits per heavy atom. The molecule has 0 aromatic carbocycles. The molecule has 0 aromatic rings. The Balaban J connectivity index is 2.08. The van der Waals surface area contributed by atoms with Crippen LogP contribution in [0.4, 0.5) is 0 Å². The second-order valence-electron chi connectivity index (χ2n) is 4.72. The fourth-order valence-electron chi connectivity index (χ4n) is 2.99. The third-order valence-electron chi connectivity index (χ3n) is 3.51. The van der Waals surface area contributed by atoms with Crippen molar-refractivity contribution in [3.8, 4) is 0 Å². The van der Waals surface area contributed by atoms with E-state index in [1.165, 1.54) is 25.7 Å². The lowest BCUT2D eigenvalue weighted by Crippen LogP contribution is -2.48. The van der Waals surface area contributed by atoms with Crippen LogP contribution in [-0.2, 0) is 0 Å². The molecule has 2 heteroatoms. The molecule has 64 valence electrons. The molecule has 3 unspecified atom stereocenters. The van der Waals surface area contributed by atoms with Crippen molar-refractivity contribution in [2.75, 3.05) is 14.1 Å². The SMILES string of the molecule is C[N+](C)(O)C1CC2CCC1C2.